The van der Waals surface area contributed by atoms with Gasteiger partial charge in [-0.25, -0.2) is 0 Å². The van der Waals surface area contributed by atoms with Crippen molar-refractivity contribution in [3.8, 4) is 6.07 Å². The molecular formula is C15H20ClN3. The van der Waals surface area contributed by atoms with Crippen LogP contribution in [0.4, 0.5) is 0 Å². The average molecular weight is 278 g/mol. The van der Waals surface area contributed by atoms with Crippen LogP contribution in [0.3, 0.4) is 0 Å². The van der Waals surface area contributed by atoms with Gasteiger partial charge in [0.05, 0.1) is 11.6 Å². The summed E-state index contributed by atoms with van der Waals surface area (Å²) >= 11 is 6.22. The van der Waals surface area contributed by atoms with Crippen molar-refractivity contribution in [2.75, 3.05) is 7.05 Å². The van der Waals surface area contributed by atoms with Crippen molar-refractivity contribution in [3.05, 3.63) is 34.3 Å². The van der Waals surface area contributed by atoms with Crippen LogP contribution >= 0.6 is 11.6 Å². The highest BCUT2D eigenvalue weighted by molar-refractivity contribution is 6.31. The van der Waals surface area contributed by atoms with E-state index in [1.54, 1.807) is 6.07 Å². The zero-order valence-electron chi connectivity index (χ0n) is 11.3. The van der Waals surface area contributed by atoms with Gasteiger partial charge in [-0.15, -0.1) is 0 Å². The van der Waals surface area contributed by atoms with Crippen LogP contribution in [-0.2, 0) is 6.54 Å². The van der Waals surface area contributed by atoms with Crippen LogP contribution in [0.15, 0.2) is 18.2 Å². The Kier molecular flexibility index (Phi) is 4.81. The highest BCUT2D eigenvalue weighted by Gasteiger charge is 2.22. The fourth-order valence-corrected chi connectivity index (χ4v) is 2.93. The summed E-state index contributed by atoms with van der Waals surface area (Å²) in [7, 11) is 2.13. The van der Waals surface area contributed by atoms with E-state index >= 15 is 0 Å². The summed E-state index contributed by atoms with van der Waals surface area (Å²) in [5.74, 6) is 0. The molecule has 3 nitrogen and oxygen atoms in total. The van der Waals surface area contributed by atoms with Crippen molar-refractivity contribution in [2.24, 2.45) is 5.73 Å². The Morgan fingerprint density at radius 3 is 2.63 bits per heavy atom. The number of halogens is 1. The lowest BCUT2D eigenvalue weighted by Crippen LogP contribution is -2.38. The van der Waals surface area contributed by atoms with Crippen molar-refractivity contribution in [1.29, 1.82) is 5.26 Å². The molecule has 1 fully saturated rings. The van der Waals surface area contributed by atoms with Crippen molar-refractivity contribution in [1.82, 2.24) is 4.90 Å². The van der Waals surface area contributed by atoms with Crippen molar-refractivity contribution < 1.29 is 0 Å². The molecule has 0 spiro atoms. The molecule has 1 saturated carbocycles. The van der Waals surface area contributed by atoms with Crippen molar-refractivity contribution >= 4 is 11.6 Å². The number of nitrogens with zero attached hydrogens (tertiary/aromatic N) is 2. The predicted molar refractivity (Wildman–Crippen MR) is 77.9 cm³/mol. The lowest BCUT2D eigenvalue weighted by Gasteiger charge is -2.33. The first-order chi connectivity index (χ1) is 9.10. The monoisotopic (exact) mass is 277 g/mol. The van der Waals surface area contributed by atoms with Gasteiger partial charge in [-0.05, 0) is 50.4 Å². The van der Waals surface area contributed by atoms with E-state index in [1.165, 1.54) is 0 Å². The van der Waals surface area contributed by atoms with Gasteiger partial charge in [-0.1, -0.05) is 17.7 Å². The molecule has 2 rings (SSSR count). The van der Waals surface area contributed by atoms with E-state index in [-0.39, 0.29) is 0 Å². The molecule has 19 heavy (non-hydrogen) atoms. The number of nitriles is 1. The topological polar surface area (TPSA) is 53.0 Å². The second-order valence-electron chi connectivity index (χ2n) is 5.40. The number of hydrogen-bond donors (Lipinski definition) is 1. The van der Waals surface area contributed by atoms with Crippen LogP contribution in [-0.4, -0.2) is 24.0 Å². The van der Waals surface area contributed by atoms with Gasteiger partial charge in [0.2, 0.25) is 0 Å². The van der Waals surface area contributed by atoms with Crippen LogP contribution in [0, 0.1) is 11.3 Å². The summed E-state index contributed by atoms with van der Waals surface area (Å²) in [6.45, 7) is 0.824. The molecule has 0 heterocycles. The number of hydrogen-bond acceptors (Lipinski definition) is 3. The Bertz CT molecular complexity index is 473. The maximum absolute atomic E-state index is 8.83. The Morgan fingerprint density at radius 2 is 2.05 bits per heavy atom. The van der Waals surface area contributed by atoms with Gasteiger partial charge in [0.25, 0.3) is 0 Å². The first-order valence-electron chi connectivity index (χ1n) is 6.74. The van der Waals surface area contributed by atoms with Crippen LogP contribution in [0.5, 0.6) is 0 Å². The summed E-state index contributed by atoms with van der Waals surface area (Å²) in [6, 6.07) is 8.59. The van der Waals surface area contributed by atoms with Crippen molar-refractivity contribution in [2.45, 2.75) is 44.3 Å². The largest absolute Gasteiger partial charge is 0.328 e. The number of benzene rings is 1. The van der Waals surface area contributed by atoms with Crippen LogP contribution in [0.2, 0.25) is 5.02 Å². The molecular weight excluding hydrogens is 258 g/mol. The summed E-state index contributed by atoms with van der Waals surface area (Å²) < 4.78 is 0. The van der Waals surface area contributed by atoms with E-state index < -0.39 is 0 Å². The fraction of sp³-hybridized carbons (Fsp3) is 0.533. The minimum Gasteiger partial charge on any atom is -0.328 e. The van der Waals surface area contributed by atoms with Crippen LogP contribution in [0.25, 0.3) is 0 Å². The number of rotatable bonds is 3. The molecule has 102 valence electrons. The molecule has 2 N–H and O–H groups in total. The van der Waals surface area contributed by atoms with Crippen LogP contribution < -0.4 is 5.73 Å². The average Bonchev–Trinajstić information content (AvgIpc) is 2.41. The molecule has 0 aromatic heterocycles. The van der Waals surface area contributed by atoms with E-state index in [9.17, 15) is 0 Å². The second kappa shape index (κ2) is 6.38. The lowest BCUT2D eigenvalue weighted by molar-refractivity contribution is 0.176. The van der Waals surface area contributed by atoms with E-state index in [2.05, 4.69) is 18.0 Å². The molecule has 1 aromatic rings. The summed E-state index contributed by atoms with van der Waals surface area (Å²) in [4.78, 5) is 2.35. The number of nitrogens with two attached hydrogens (primary N) is 1. The van der Waals surface area contributed by atoms with Gasteiger partial charge in [0.15, 0.2) is 0 Å². The first kappa shape index (κ1) is 14.3. The lowest BCUT2D eigenvalue weighted by atomic mass is 9.91. The van der Waals surface area contributed by atoms with Gasteiger partial charge in [-0.3, -0.25) is 4.90 Å². The molecule has 0 unspecified atom stereocenters. The third-order valence-corrected chi connectivity index (χ3v) is 4.32. The molecule has 1 aromatic carbocycles. The van der Waals surface area contributed by atoms with E-state index in [0.29, 0.717) is 22.7 Å². The zero-order chi connectivity index (χ0) is 13.8. The van der Waals surface area contributed by atoms with Crippen LogP contribution in [0.1, 0.15) is 36.8 Å². The molecule has 0 saturated heterocycles. The molecule has 4 heteroatoms. The Balaban J connectivity index is 1.99. The van der Waals surface area contributed by atoms with Gasteiger partial charge in [-0.2, -0.15) is 5.26 Å². The Morgan fingerprint density at radius 1 is 1.37 bits per heavy atom. The fourth-order valence-electron chi connectivity index (χ4n) is 2.69. The summed E-state index contributed by atoms with van der Waals surface area (Å²) in [5.41, 5.74) is 7.63. The summed E-state index contributed by atoms with van der Waals surface area (Å²) in [6.07, 6.45) is 4.53. The SMILES string of the molecule is CN(Cc1ccc(C#N)cc1Cl)C1CCC(N)CC1. The Labute approximate surface area is 120 Å². The molecule has 1 aliphatic carbocycles. The highest BCUT2D eigenvalue weighted by Crippen LogP contribution is 2.25. The third kappa shape index (κ3) is 3.70. The van der Waals surface area contributed by atoms with Gasteiger partial charge >= 0.3 is 0 Å². The van der Waals surface area contributed by atoms with Crippen molar-refractivity contribution in [3.63, 3.8) is 0 Å². The first-order valence-corrected chi connectivity index (χ1v) is 7.12. The molecule has 0 amide bonds. The van der Waals surface area contributed by atoms with Gasteiger partial charge in [0, 0.05) is 23.7 Å². The van der Waals surface area contributed by atoms with E-state index in [1.807, 2.05) is 12.1 Å². The second-order valence-corrected chi connectivity index (χ2v) is 5.81. The minimum atomic E-state index is 0.378. The maximum atomic E-state index is 8.83. The molecule has 0 radical (unpaired) electrons. The predicted octanol–water partition coefficient (Wildman–Crippen LogP) is 2.91. The third-order valence-electron chi connectivity index (χ3n) is 3.97. The highest BCUT2D eigenvalue weighted by atomic mass is 35.5. The van der Waals surface area contributed by atoms with E-state index in [4.69, 9.17) is 22.6 Å². The molecule has 0 aliphatic heterocycles. The molecule has 0 bridgehead atoms. The summed E-state index contributed by atoms with van der Waals surface area (Å²) in [5, 5.41) is 9.51. The zero-order valence-corrected chi connectivity index (χ0v) is 12.0. The Hall–Kier alpha value is -1.08. The normalized spacial score (nSPS) is 23.3. The van der Waals surface area contributed by atoms with Gasteiger partial charge in [0.1, 0.15) is 0 Å². The van der Waals surface area contributed by atoms with Gasteiger partial charge < -0.3 is 5.73 Å². The molecule has 0 atom stereocenters. The smallest absolute Gasteiger partial charge is 0.0992 e. The minimum absolute atomic E-state index is 0.378. The van der Waals surface area contributed by atoms with E-state index in [0.717, 1.165) is 37.8 Å². The quantitative estimate of drug-likeness (QED) is 0.924. The maximum Gasteiger partial charge on any atom is 0.0992 e. The molecule has 1 aliphatic rings. The standard InChI is InChI=1S/C15H20ClN3/c1-19(14-6-4-13(18)5-7-14)10-12-3-2-11(9-17)8-15(12)16/h2-3,8,13-14H,4-7,10,18H2,1H3.